The average Bonchev–Trinajstić information content (AvgIpc) is 2.52. The Hall–Kier alpha value is -0.259. The molecule has 0 saturated carbocycles. The Morgan fingerprint density at radius 1 is 1.03 bits per heavy atom. The second-order valence-electron chi connectivity index (χ2n) is 8.35. The predicted molar refractivity (Wildman–Crippen MR) is 107 cm³/mol. The third-order valence-corrected chi connectivity index (χ3v) is 5.20. The van der Waals surface area contributed by atoms with Crippen molar-refractivity contribution in [2.75, 3.05) is 31.1 Å². The monoisotopic (exact) mass is 439 g/mol. The van der Waals surface area contributed by atoms with E-state index in [0.29, 0.717) is 37.4 Å². The molecule has 1 aromatic carbocycles. The standard InChI is InChI=1S/C19H30BF3N3O2.K/c1-12-15(11-24)13(2)17(14(3)16(12)20(21,22)23)25-7-9-26(10-8-25)18(27)28-19(4,5)6;/h7-11,24H2,1-6H3;/q-1;+1. The molecular formula is C19H30BF3KN3O2. The molecule has 1 aliphatic heterocycles. The van der Waals surface area contributed by atoms with Gasteiger partial charge in [0.25, 0.3) is 0 Å². The van der Waals surface area contributed by atoms with Crippen LogP contribution >= 0.6 is 0 Å². The molecular weight excluding hydrogens is 409 g/mol. The van der Waals surface area contributed by atoms with Crippen molar-refractivity contribution in [3.05, 3.63) is 22.3 Å². The number of hydrogen-bond acceptors (Lipinski definition) is 4. The van der Waals surface area contributed by atoms with E-state index < -0.39 is 24.1 Å². The summed E-state index contributed by atoms with van der Waals surface area (Å²) in [6.07, 6.45) is -0.397. The van der Waals surface area contributed by atoms with Gasteiger partial charge in [0, 0.05) is 38.4 Å². The van der Waals surface area contributed by atoms with E-state index >= 15 is 0 Å². The third kappa shape index (κ3) is 6.13. The van der Waals surface area contributed by atoms with E-state index in [0.717, 1.165) is 5.56 Å². The van der Waals surface area contributed by atoms with Gasteiger partial charge in [-0.25, -0.2) is 4.79 Å². The van der Waals surface area contributed by atoms with Crippen molar-refractivity contribution in [3.8, 4) is 0 Å². The summed E-state index contributed by atoms with van der Waals surface area (Å²) in [6, 6.07) is 0. The number of amides is 1. The molecule has 2 rings (SSSR count). The Balaban J connectivity index is 0.00000420. The van der Waals surface area contributed by atoms with Crippen molar-refractivity contribution < 1.29 is 73.9 Å². The molecule has 0 radical (unpaired) electrons. The number of nitrogens with two attached hydrogens (primary N) is 1. The fourth-order valence-electron chi connectivity index (χ4n) is 3.99. The maximum atomic E-state index is 13.8. The minimum absolute atomic E-state index is 0. The molecule has 2 N–H and O–H groups in total. The molecule has 0 bridgehead atoms. The zero-order valence-corrected chi connectivity index (χ0v) is 21.7. The molecule has 0 unspecified atom stereocenters. The van der Waals surface area contributed by atoms with Crippen LogP contribution in [0.1, 0.15) is 43.0 Å². The number of rotatable bonds is 3. The van der Waals surface area contributed by atoms with E-state index in [1.54, 1.807) is 25.7 Å². The first-order valence-corrected chi connectivity index (χ1v) is 9.53. The topological polar surface area (TPSA) is 58.8 Å². The number of nitrogens with zero attached hydrogens (tertiary/aromatic N) is 2. The molecule has 1 aromatic rings. The first-order valence-electron chi connectivity index (χ1n) is 9.53. The van der Waals surface area contributed by atoms with Gasteiger partial charge in [-0.2, -0.15) is 0 Å². The second kappa shape index (κ2) is 9.91. The third-order valence-electron chi connectivity index (χ3n) is 5.20. The summed E-state index contributed by atoms with van der Waals surface area (Å²) < 4.78 is 46.7. The van der Waals surface area contributed by atoms with Crippen LogP contribution in [-0.4, -0.2) is 49.8 Å². The van der Waals surface area contributed by atoms with Crippen molar-refractivity contribution in [3.63, 3.8) is 0 Å². The van der Waals surface area contributed by atoms with Crippen LogP contribution in [0.3, 0.4) is 0 Å². The van der Waals surface area contributed by atoms with E-state index in [1.165, 1.54) is 13.8 Å². The van der Waals surface area contributed by atoms with Gasteiger partial charge in [-0.3, -0.25) is 0 Å². The van der Waals surface area contributed by atoms with Crippen molar-refractivity contribution >= 4 is 24.2 Å². The summed E-state index contributed by atoms with van der Waals surface area (Å²) in [5.41, 5.74) is 7.03. The van der Waals surface area contributed by atoms with Crippen LogP contribution in [0.15, 0.2) is 0 Å². The number of anilines is 1. The molecule has 1 fully saturated rings. The van der Waals surface area contributed by atoms with Crippen LogP contribution < -0.4 is 67.5 Å². The molecule has 0 spiro atoms. The number of ether oxygens (including phenoxy) is 1. The van der Waals surface area contributed by atoms with Gasteiger partial charge in [0.2, 0.25) is 0 Å². The van der Waals surface area contributed by atoms with Gasteiger partial charge < -0.3 is 33.2 Å². The number of benzene rings is 1. The van der Waals surface area contributed by atoms with E-state index in [9.17, 15) is 17.7 Å². The van der Waals surface area contributed by atoms with Crippen LogP contribution in [0, 0.1) is 20.8 Å². The van der Waals surface area contributed by atoms with Gasteiger partial charge in [0.1, 0.15) is 5.60 Å². The predicted octanol–water partition coefficient (Wildman–Crippen LogP) is 0.186. The summed E-state index contributed by atoms with van der Waals surface area (Å²) in [6.45, 7) is 6.83. The average molecular weight is 439 g/mol. The quantitative estimate of drug-likeness (QED) is 0.684. The molecule has 0 atom stereocenters. The smallest absolute Gasteiger partial charge is 0.445 e. The Labute approximate surface area is 214 Å². The SMILES string of the molecule is Cc1c(CN)c(C)c([B-](F)(F)F)c(C)c1N1CCN(C(=O)OC(C)(C)C)CC1.[K+]. The van der Waals surface area contributed by atoms with Gasteiger partial charge in [0.15, 0.2) is 0 Å². The molecule has 1 heterocycles. The van der Waals surface area contributed by atoms with Gasteiger partial charge in [-0.05, 0) is 52.7 Å². The molecule has 29 heavy (non-hydrogen) atoms. The Morgan fingerprint density at radius 3 is 1.97 bits per heavy atom. The van der Waals surface area contributed by atoms with Gasteiger partial charge in [-0.15, -0.1) is 5.46 Å². The van der Waals surface area contributed by atoms with E-state index in [1.807, 2.05) is 11.8 Å². The van der Waals surface area contributed by atoms with Crippen LogP contribution in [0.2, 0.25) is 0 Å². The van der Waals surface area contributed by atoms with E-state index in [2.05, 4.69) is 0 Å². The maximum absolute atomic E-state index is 13.8. The summed E-state index contributed by atoms with van der Waals surface area (Å²) in [5.74, 6) is 0. The minimum Gasteiger partial charge on any atom is -0.445 e. The van der Waals surface area contributed by atoms with Crippen molar-refractivity contribution in [1.29, 1.82) is 0 Å². The van der Waals surface area contributed by atoms with Crippen LogP contribution in [-0.2, 0) is 11.3 Å². The largest absolute Gasteiger partial charge is 1.00 e. The van der Waals surface area contributed by atoms with Crippen molar-refractivity contribution in [1.82, 2.24) is 4.90 Å². The summed E-state index contributed by atoms with van der Waals surface area (Å²) in [4.78, 5) is 15.8. The molecule has 1 aliphatic rings. The maximum Gasteiger partial charge on any atom is 1.00 e. The van der Waals surface area contributed by atoms with Crippen LogP contribution in [0.25, 0.3) is 0 Å². The summed E-state index contributed by atoms with van der Waals surface area (Å²) in [7, 11) is 0. The van der Waals surface area contributed by atoms with E-state index in [-0.39, 0.29) is 69.1 Å². The summed E-state index contributed by atoms with van der Waals surface area (Å²) >= 11 is 0. The molecule has 5 nitrogen and oxygen atoms in total. The number of hydrogen-bond donors (Lipinski definition) is 1. The number of piperazine rings is 1. The molecule has 1 saturated heterocycles. The van der Waals surface area contributed by atoms with E-state index in [4.69, 9.17) is 10.5 Å². The van der Waals surface area contributed by atoms with Crippen LogP contribution in [0.5, 0.6) is 0 Å². The second-order valence-corrected chi connectivity index (χ2v) is 8.35. The van der Waals surface area contributed by atoms with Crippen LogP contribution in [0.4, 0.5) is 23.4 Å². The van der Waals surface area contributed by atoms with Crippen molar-refractivity contribution in [2.24, 2.45) is 5.73 Å². The molecule has 0 aromatic heterocycles. The fourth-order valence-corrected chi connectivity index (χ4v) is 3.99. The number of carbonyl (C=O) groups excluding carboxylic acids is 1. The Bertz CT molecular complexity index is 759. The zero-order chi connectivity index (χ0) is 21.4. The van der Waals surface area contributed by atoms with Crippen molar-refractivity contribution in [2.45, 2.75) is 53.7 Å². The molecule has 158 valence electrons. The van der Waals surface area contributed by atoms with Gasteiger partial charge in [-0.1, -0.05) is 11.1 Å². The zero-order valence-electron chi connectivity index (χ0n) is 18.5. The first kappa shape index (κ1) is 26.8. The summed E-state index contributed by atoms with van der Waals surface area (Å²) in [5, 5.41) is 0. The number of carbonyl (C=O) groups is 1. The molecule has 10 heteroatoms. The first-order chi connectivity index (χ1) is 12.8. The molecule has 1 amide bonds. The minimum atomic E-state index is -5.15. The molecule has 0 aliphatic carbocycles. The normalized spacial score (nSPS) is 15.2. The number of halogens is 3. The van der Waals surface area contributed by atoms with Gasteiger partial charge >= 0.3 is 64.5 Å². The fraction of sp³-hybridized carbons (Fsp3) is 0.632. The Kier molecular flexibility index (Phi) is 9.15. The van der Waals surface area contributed by atoms with Gasteiger partial charge in [0.05, 0.1) is 0 Å². The Morgan fingerprint density at radius 2 is 1.55 bits per heavy atom.